The van der Waals surface area contributed by atoms with Crippen molar-refractivity contribution in [2.45, 2.75) is 32.6 Å². The van der Waals surface area contributed by atoms with Gasteiger partial charge in [-0.3, -0.25) is 4.79 Å². The number of fused-ring (bicyclic) bond motifs is 1. The summed E-state index contributed by atoms with van der Waals surface area (Å²) >= 11 is 0. The van der Waals surface area contributed by atoms with Gasteiger partial charge in [-0.05, 0) is 86.7 Å². The molecule has 0 aliphatic carbocycles. The molecule has 1 aliphatic heterocycles. The predicted octanol–water partition coefficient (Wildman–Crippen LogP) is 3.75. The number of benzene rings is 2. The second kappa shape index (κ2) is 8.86. The van der Waals surface area contributed by atoms with E-state index in [1.54, 1.807) is 0 Å². The van der Waals surface area contributed by atoms with Gasteiger partial charge in [-0.1, -0.05) is 12.1 Å². The van der Waals surface area contributed by atoms with Crippen molar-refractivity contribution in [3.8, 4) is 5.75 Å². The molecule has 0 saturated carbocycles. The number of hydrogen-bond acceptors (Lipinski definition) is 3. The standard InChI is InChI=1S/C21H28N2O2/c1-2-23-21(24)19-8-7-18-14-20(10-9-17(18)13-19)25-12-4-6-16-5-3-11-22-15-16/h7-10,13-14,16,22H,2-6,11-12,15H2,1H3,(H,23,24). The van der Waals surface area contributed by atoms with Gasteiger partial charge in [0, 0.05) is 12.1 Å². The Morgan fingerprint density at radius 1 is 1.24 bits per heavy atom. The van der Waals surface area contributed by atoms with Gasteiger partial charge < -0.3 is 15.4 Å². The maximum Gasteiger partial charge on any atom is 0.251 e. The van der Waals surface area contributed by atoms with E-state index in [0.29, 0.717) is 12.1 Å². The largest absolute Gasteiger partial charge is 0.494 e. The van der Waals surface area contributed by atoms with Crippen LogP contribution in [0.5, 0.6) is 5.75 Å². The Kier molecular flexibility index (Phi) is 6.29. The maximum absolute atomic E-state index is 11.9. The molecule has 0 bridgehead atoms. The molecule has 25 heavy (non-hydrogen) atoms. The Morgan fingerprint density at radius 2 is 2.08 bits per heavy atom. The highest BCUT2D eigenvalue weighted by Gasteiger charge is 2.12. The molecule has 1 unspecified atom stereocenters. The van der Waals surface area contributed by atoms with E-state index < -0.39 is 0 Å². The van der Waals surface area contributed by atoms with E-state index in [2.05, 4.69) is 16.7 Å². The molecule has 1 amide bonds. The molecule has 0 radical (unpaired) electrons. The first-order valence-corrected chi connectivity index (χ1v) is 9.42. The number of hydrogen-bond donors (Lipinski definition) is 2. The van der Waals surface area contributed by atoms with Crippen LogP contribution in [0.3, 0.4) is 0 Å². The number of carbonyl (C=O) groups excluding carboxylic acids is 1. The molecule has 1 aliphatic rings. The van der Waals surface area contributed by atoms with E-state index in [0.717, 1.165) is 42.0 Å². The van der Waals surface area contributed by atoms with E-state index in [-0.39, 0.29) is 5.91 Å². The average molecular weight is 340 g/mol. The summed E-state index contributed by atoms with van der Waals surface area (Å²) in [7, 11) is 0. The zero-order valence-electron chi connectivity index (χ0n) is 15.0. The van der Waals surface area contributed by atoms with Crippen molar-refractivity contribution in [1.29, 1.82) is 0 Å². The fraction of sp³-hybridized carbons (Fsp3) is 0.476. The first-order chi connectivity index (χ1) is 12.3. The molecule has 134 valence electrons. The summed E-state index contributed by atoms with van der Waals surface area (Å²) in [6.45, 7) is 5.66. The Hall–Kier alpha value is -2.07. The fourth-order valence-corrected chi connectivity index (χ4v) is 3.45. The van der Waals surface area contributed by atoms with E-state index in [1.807, 2.05) is 37.3 Å². The molecule has 1 fully saturated rings. The first kappa shape index (κ1) is 17.7. The number of rotatable bonds is 7. The Morgan fingerprint density at radius 3 is 2.88 bits per heavy atom. The normalized spacial score (nSPS) is 17.4. The quantitative estimate of drug-likeness (QED) is 0.755. The second-order valence-corrected chi connectivity index (χ2v) is 6.79. The van der Waals surface area contributed by atoms with Crippen LogP contribution in [0.25, 0.3) is 10.8 Å². The van der Waals surface area contributed by atoms with Crippen molar-refractivity contribution in [3.63, 3.8) is 0 Å². The third-order valence-corrected chi connectivity index (χ3v) is 4.84. The maximum atomic E-state index is 11.9. The van der Waals surface area contributed by atoms with E-state index >= 15 is 0 Å². The number of piperidine rings is 1. The zero-order valence-corrected chi connectivity index (χ0v) is 15.0. The van der Waals surface area contributed by atoms with Crippen LogP contribution < -0.4 is 15.4 Å². The SMILES string of the molecule is CCNC(=O)c1ccc2cc(OCCCC3CCCNC3)ccc2c1. The highest BCUT2D eigenvalue weighted by Crippen LogP contribution is 2.23. The summed E-state index contributed by atoms with van der Waals surface area (Å²) in [4.78, 5) is 11.9. The minimum absolute atomic E-state index is 0.0260. The van der Waals surface area contributed by atoms with Gasteiger partial charge in [-0.15, -0.1) is 0 Å². The number of carbonyl (C=O) groups is 1. The smallest absolute Gasteiger partial charge is 0.251 e. The number of amides is 1. The first-order valence-electron chi connectivity index (χ1n) is 9.42. The topological polar surface area (TPSA) is 50.4 Å². The molecular weight excluding hydrogens is 312 g/mol. The number of nitrogens with one attached hydrogen (secondary N) is 2. The molecule has 4 heteroatoms. The van der Waals surface area contributed by atoms with Gasteiger partial charge in [0.2, 0.25) is 0 Å². The summed E-state index contributed by atoms with van der Waals surface area (Å²) < 4.78 is 5.92. The summed E-state index contributed by atoms with van der Waals surface area (Å²) in [5, 5.41) is 8.45. The van der Waals surface area contributed by atoms with Crippen molar-refractivity contribution in [2.24, 2.45) is 5.92 Å². The van der Waals surface area contributed by atoms with Crippen LogP contribution in [0.15, 0.2) is 36.4 Å². The average Bonchev–Trinajstić information content (AvgIpc) is 2.66. The lowest BCUT2D eigenvalue weighted by Crippen LogP contribution is -2.29. The minimum atomic E-state index is -0.0260. The molecule has 0 spiro atoms. The van der Waals surface area contributed by atoms with Crippen LogP contribution >= 0.6 is 0 Å². The van der Waals surface area contributed by atoms with Crippen molar-refractivity contribution in [1.82, 2.24) is 10.6 Å². The molecule has 1 atom stereocenters. The molecule has 1 saturated heterocycles. The van der Waals surface area contributed by atoms with E-state index in [9.17, 15) is 4.79 Å². The van der Waals surface area contributed by atoms with Gasteiger partial charge >= 0.3 is 0 Å². The molecule has 2 aromatic carbocycles. The lowest BCUT2D eigenvalue weighted by atomic mass is 9.95. The third kappa shape index (κ3) is 4.95. The van der Waals surface area contributed by atoms with Gasteiger partial charge in [-0.2, -0.15) is 0 Å². The van der Waals surface area contributed by atoms with Crippen molar-refractivity contribution < 1.29 is 9.53 Å². The van der Waals surface area contributed by atoms with Crippen LogP contribution in [0.1, 0.15) is 43.0 Å². The van der Waals surface area contributed by atoms with Gasteiger partial charge in [-0.25, -0.2) is 0 Å². The van der Waals surface area contributed by atoms with Gasteiger partial charge in [0.15, 0.2) is 0 Å². The molecule has 0 aromatic heterocycles. The monoisotopic (exact) mass is 340 g/mol. The molecule has 2 N–H and O–H groups in total. The van der Waals surface area contributed by atoms with Crippen LogP contribution in [-0.2, 0) is 0 Å². The predicted molar refractivity (Wildman–Crippen MR) is 102 cm³/mol. The molecular formula is C21H28N2O2. The summed E-state index contributed by atoms with van der Waals surface area (Å²) in [5.74, 6) is 1.68. The zero-order chi connectivity index (χ0) is 17.5. The van der Waals surface area contributed by atoms with Crippen LogP contribution in [-0.4, -0.2) is 32.1 Å². The Labute approximate surface area is 149 Å². The minimum Gasteiger partial charge on any atom is -0.494 e. The molecule has 1 heterocycles. The van der Waals surface area contributed by atoms with Crippen molar-refractivity contribution >= 4 is 16.7 Å². The van der Waals surface area contributed by atoms with E-state index in [1.165, 1.54) is 25.8 Å². The summed E-state index contributed by atoms with van der Waals surface area (Å²) in [6, 6.07) is 11.9. The van der Waals surface area contributed by atoms with Crippen LogP contribution in [0.2, 0.25) is 0 Å². The molecule has 2 aromatic rings. The van der Waals surface area contributed by atoms with Crippen LogP contribution in [0.4, 0.5) is 0 Å². The lowest BCUT2D eigenvalue weighted by Gasteiger charge is -2.22. The Bertz CT molecular complexity index is 708. The van der Waals surface area contributed by atoms with Crippen molar-refractivity contribution in [2.75, 3.05) is 26.2 Å². The highest BCUT2D eigenvalue weighted by atomic mass is 16.5. The van der Waals surface area contributed by atoms with Gasteiger partial charge in [0.05, 0.1) is 6.61 Å². The third-order valence-electron chi connectivity index (χ3n) is 4.84. The Balaban J connectivity index is 1.54. The van der Waals surface area contributed by atoms with Gasteiger partial charge in [0.1, 0.15) is 5.75 Å². The van der Waals surface area contributed by atoms with E-state index in [4.69, 9.17) is 4.74 Å². The molecule has 4 nitrogen and oxygen atoms in total. The summed E-state index contributed by atoms with van der Waals surface area (Å²) in [5.41, 5.74) is 0.698. The van der Waals surface area contributed by atoms with Crippen LogP contribution in [0, 0.1) is 5.92 Å². The van der Waals surface area contributed by atoms with Gasteiger partial charge in [0.25, 0.3) is 5.91 Å². The molecule has 3 rings (SSSR count). The second-order valence-electron chi connectivity index (χ2n) is 6.79. The highest BCUT2D eigenvalue weighted by molar-refractivity contribution is 5.98. The summed E-state index contributed by atoms with van der Waals surface area (Å²) in [6.07, 6.45) is 4.97. The van der Waals surface area contributed by atoms with Crippen molar-refractivity contribution in [3.05, 3.63) is 42.0 Å². The number of ether oxygens (including phenoxy) is 1. The fourth-order valence-electron chi connectivity index (χ4n) is 3.45. The lowest BCUT2D eigenvalue weighted by molar-refractivity contribution is 0.0956.